The van der Waals surface area contributed by atoms with Gasteiger partial charge in [0, 0.05) is 6.42 Å². The van der Waals surface area contributed by atoms with Crippen molar-refractivity contribution in [3.8, 4) is 0 Å². The van der Waals surface area contributed by atoms with Crippen LogP contribution in [0.1, 0.15) is 258 Å². The minimum absolute atomic E-state index is 0.161. The summed E-state index contributed by atoms with van der Waals surface area (Å²) in [6.07, 6.45) is 58.4. The molecule has 0 radical (unpaired) electrons. The first-order valence-corrected chi connectivity index (χ1v) is 24.8. The zero-order valence-electron chi connectivity index (χ0n) is 37.5. The fourth-order valence-corrected chi connectivity index (χ4v) is 7.59. The van der Waals surface area contributed by atoms with Crippen molar-refractivity contribution in [2.75, 3.05) is 6.61 Å². The number of carbonyl (C=O) groups excluding carboxylic acids is 1. The molecule has 330 valence electrons. The van der Waals surface area contributed by atoms with E-state index in [9.17, 15) is 20.1 Å². The molecule has 1 amide bonds. The molecule has 3 unspecified atom stereocenters. The lowest BCUT2D eigenvalue weighted by atomic mass is 10.0. The second-order valence-electron chi connectivity index (χ2n) is 17.0. The average molecular weight is 788 g/mol. The van der Waals surface area contributed by atoms with Gasteiger partial charge in [-0.3, -0.25) is 4.79 Å². The highest BCUT2D eigenvalue weighted by atomic mass is 16.3. The summed E-state index contributed by atoms with van der Waals surface area (Å²) >= 11 is 0. The van der Waals surface area contributed by atoms with Gasteiger partial charge in [-0.1, -0.05) is 211 Å². The summed E-state index contributed by atoms with van der Waals surface area (Å²) in [4.78, 5) is 12.5. The van der Waals surface area contributed by atoms with Crippen LogP contribution in [0.25, 0.3) is 0 Å². The molecule has 4 N–H and O–H groups in total. The van der Waals surface area contributed by atoms with Gasteiger partial charge in [0.25, 0.3) is 0 Å². The molecule has 0 aliphatic heterocycles. The summed E-state index contributed by atoms with van der Waals surface area (Å²) in [6.45, 7) is 4.18. The smallest absolute Gasteiger partial charge is 0.220 e. The Bertz CT molecular complexity index is 870. The van der Waals surface area contributed by atoms with E-state index in [0.717, 1.165) is 44.9 Å². The Morgan fingerprint density at radius 3 is 1.09 bits per heavy atom. The molecule has 0 heterocycles. The minimum atomic E-state index is -1.17. The second kappa shape index (κ2) is 46.3. The summed E-state index contributed by atoms with van der Waals surface area (Å²) in [5, 5.41) is 33.6. The summed E-state index contributed by atoms with van der Waals surface area (Å²) in [5.74, 6) is -0.161. The lowest BCUT2D eigenvalue weighted by Gasteiger charge is -2.26. The van der Waals surface area contributed by atoms with Crippen molar-refractivity contribution in [2.24, 2.45) is 0 Å². The number of nitrogens with one attached hydrogen (secondary N) is 1. The van der Waals surface area contributed by atoms with Crippen LogP contribution >= 0.6 is 0 Å². The van der Waals surface area contributed by atoms with Crippen molar-refractivity contribution in [1.82, 2.24) is 5.32 Å². The van der Waals surface area contributed by atoms with E-state index in [0.29, 0.717) is 12.8 Å². The highest BCUT2D eigenvalue weighted by Gasteiger charge is 2.26. The van der Waals surface area contributed by atoms with Gasteiger partial charge in [-0.25, -0.2) is 0 Å². The van der Waals surface area contributed by atoms with E-state index in [2.05, 4.69) is 55.6 Å². The predicted octanol–water partition coefficient (Wildman–Crippen LogP) is 14.7. The SMILES string of the molecule is CCCCCCCCCCCC/C=C\CCCCCCCCCC(=O)NC(CO)C(O)C(O)CCC/C=C/CC/C=C/CCCCCCCCCCCCCC. The van der Waals surface area contributed by atoms with Crippen LogP contribution in [-0.2, 0) is 4.79 Å². The van der Waals surface area contributed by atoms with E-state index in [4.69, 9.17) is 0 Å². The Morgan fingerprint density at radius 2 is 0.732 bits per heavy atom. The molecule has 0 aliphatic rings. The van der Waals surface area contributed by atoms with E-state index in [1.165, 1.54) is 186 Å². The number of allylic oxidation sites excluding steroid dienone is 6. The molecule has 56 heavy (non-hydrogen) atoms. The Morgan fingerprint density at radius 1 is 0.429 bits per heavy atom. The number of aliphatic hydroxyl groups excluding tert-OH is 3. The molecule has 0 saturated heterocycles. The summed E-state index contributed by atoms with van der Waals surface area (Å²) in [7, 11) is 0. The lowest BCUT2D eigenvalue weighted by Crippen LogP contribution is -2.50. The molecular weight excluding hydrogens is 691 g/mol. The van der Waals surface area contributed by atoms with Crippen molar-refractivity contribution in [1.29, 1.82) is 0 Å². The number of hydrogen-bond donors (Lipinski definition) is 4. The van der Waals surface area contributed by atoms with Crippen LogP contribution < -0.4 is 5.32 Å². The molecule has 0 fully saturated rings. The molecule has 3 atom stereocenters. The topological polar surface area (TPSA) is 89.8 Å². The third kappa shape index (κ3) is 40.8. The number of hydrogen-bond acceptors (Lipinski definition) is 4. The first kappa shape index (κ1) is 54.6. The van der Waals surface area contributed by atoms with Gasteiger partial charge in [0.1, 0.15) is 6.10 Å². The summed E-state index contributed by atoms with van der Waals surface area (Å²) in [5.41, 5.74) is 0. The molecule has 0 rings (SSSR count). The average Bonchev–Trinajstić information content (AvgIpc) is 3.20. The van der Waals surface area contributed by atoms with Crippen molar-refractivity contribution in [2.45, 2.75) is 276 Å². The largest absolute Gasteiger partial charge is 0.394 e. The number of aliphatic hydroxyl groups is 3. The first-order chi connectivity index (χ1) is 27.6. The molecular formula is C51H97NO4. The van der Waals surface area contributed by atoms with Gasteiger partial charge in [-0.2, -0.15) is 0 Å². The van der Waals surface area contributed by atoms with Crippen molar-refractivity contribution < 1.29 is 20.1 Å². The molecule has 0 aromatic rings. The van der Waals surface area contributed by atoms with Gasteiger partial charge in [-0.05, 0) is 77.0 Å². The van der Waals surface area contributed by atoms with E-state index >= 15 is 0 Å². The molecule has 0 spiro atoms. The van der Waals surface area contributed by atoms with Crippen LogP contribution in [0.4, 0.5) is 0 Å². The Hall–Kier alpha value is -1.43. The number of unbranched alkanes of at least 4 members (excludes halogenated alkanes) is 31. The maximum absolute atomic E-state index is 12.5. The zero-order chi connectivity index (χ0) is 40.8. The summed E-state index contributed by atoms with van der Waals surface area (Å²) < 4.78 is 0. The van der Waals surface area contributed by atoms with Crippen LogP contribution in [0, 0.1) is 0 Å². The van der Waals surface area contributed by atoms with E-state index in [-0.39, 0.29) is 12.5 Å². The molecule has 5 nitrogen and oxygen atoms in total. The third-order valence-corrected chi connectivity index (χ3v) is 11.4. The molecule has 0 aliphatic carbocycles. The highest BCUT2D eigenvalue weighted by Crippen LogP contribution is 2.15. The maximum atomic E-state index is 12.5. The van der Waals surface area contributed by atoms with Crippen LogP contribution in [0.2, 0.25) is 0 Å². The molecule has 0 aromatic carbocycles. The van der Waals surface area contributed by atoms with Gasteiger partial charge >= 0.3 is 0 Å². The van der Waals surface area contributed by atoms with Gasteiger partial charge in [0.05, 0.1) is 18.8 Å². The third-order valence-electron chi connectivity index (χ3n) is 11.4. The standard InChI is InChI=1S/C51H97NO4/c1-3-5-7-9-11-13-15-17-19-21-23-25-27-29-31-33-35-37-39-41-43-45-49(54)51(56)48(47-53)52-50(55)46-44-42-40-38-36-34-32-30-28-26-24-22-20-18-16-14-12-10-8-6-4-2/h26,28-29,31,37,39,48-49,51,53-54,56H,3-25,27,30,32-36,38,40-47H2,1-2H3,(H,52,55)/b28-26-,31-29+,39-37+. The quantitative estimate of drug-likeness (QED) is 0.0365. The van der Waals surface area contributed by atoms with E-state index in [1.54, 1.807) is 0 Å². The number of amides is 1. The predicted molar refractivity (Wildman–Crippen MR) is 245 cm³/mol. The van der Waals surface area contributed by atoms with Gasteiger partial charge in [0.15, 0.2) is 0 Å². The van der Waals surface area contributed by atoms with E-state index in [1.807, 2.05) is 0 Å². The Balaban J connectivity index is 3.66. The van der Waals surface area contributed by atoms with E-state index < -0.39 is 18.2 Å². The molecule has 0 aromatic heterocycles. The summed E-state index contributed by atoms with van der Waals surface area (Å²) in [6, 6.07) is -0.835. The Kier molecular flexibility index (Phi) is 45.1. The van der Waals surface area contributed by atoms with Crippen LogP contribution in [-0.4, -0.2) is 46.1 Å². The van der Waals surface area contributed by atoms with Crippen molar-refractivity contribution >= 4 is 5.91 Å². The van der Waals surface area contributed by atoms with Crippen LogP contribution in [0.5, 0.6) is 0 Å². The molecule has 5 heteroatoms. The highest BCUT2D eigenvalue weighted by molar-refractivity contribution is 5.76. The maximum Gasteiger partial charge on any atom is 0.220 e. The molecule has 0 saturated carbocycles. The van der Waals surface area contributed by atoms with Crippen molar-refractivity contribution in [3.63, 3.8) is 0 Å². The monoisotopic (exact) mass is 788 g/mol. The Labute approximate surface area is 349 Å². The number of rotatable bonds is 45. The van der Waals surface area contributed by atoms with Gasteiger partial charge in [0.2, 0.25) is 5.91 Å². The first-order valence-electron chi connectivity index (χ1n) is 24.8. The number of carbonyl (C=O) groups is 1. The lowest BCUT2D eigenvalue weighted by molar-refractivity contribution is -0.124. The van der Waals surface area contributed by atoms with Crippen LogP contribution in [0.3, 0.4) is 0 Å². The van der Waals surface area contributed by atoms with Crippen LogP contribution in [0.15, 0.2) is 36.5 Å². The molecule has 0 bridgehead atoms. The van der Waals surface area contributed by atoms with Gasteiger partial charge in [-0.15, -0.1) is 0 Å². The normalized spacial score (nSPS) is 13.7. The fourth-order valence-electron chi connectivity index (χ4n) is 7.59. The van der Waals surface area contributed by atoms with Crippen molar-refractivity contribution in [3.05, 3.63) is 36.5 Å². The fraction of sp³-hybridized carbons (Fsp3) is 0.863. The minimum Gasteiger partial charge on any atom is -0.394 e. The second-order valence-corrected chi connectivity index (χ2v) is 17.0. The van der Waals surface area contributed by atoms with Gasteiger partial charge < -0.3 is 20.6 Å². The zero-order valence-corrected chi connectivity index (χ0v) is 37.5.